The molecule has 0 saturated carbocycles. The van der Waals surface area contributed by atoms with Gasteiger partial charge in [0.05, 0.1) is 19.3 Å². The fourth-order valence-corrected chi connectivity index (χ4v) is 2.25. The second-order valence-corrected chi connectivity index (χ2v) is 5.40. The predicted molar refractivity (Wildman–Crippen MR) is 89.5 cm³/mol. The highest BCUT2D eigenvalue weighted by molar-refractivity contribution is 6.30. The van der Waals surface area contributed by atoms with Crippen LogP contribution in [0.3, 0.4) is 0 Å². The van der Waals surface area contributed by atoms with Crippen LogP contribution in [0, 0.1) is 6.92 Å². The lowest BCUT2D eigenvalue weighted by Gasteiger charge is -2.12. The van der Waals surface area contributed by atoms with Gasteiger partial charge in [0.1, 0.15) is 5.75 Å². The normalized spacial score (nSPS) is 10.1. The summed E-state index contributed by atoms with van der Waals surface area (Å²) in [6.07, 6.45) is 0. The van der Waals surface area contributed by atoms with Gasteiger partial charge in [-0.2, -0.15) is 0 Å². The van der Waals surface area contributed by atoms with Gasteiger partial charge in [-0.05, 0) is 30.7 Å². The SMILES string of the molecule is COc1ccc(Cl)cc1NCC(=O)NCc1cccc(C)c1. The molecular formula is C17H19ClN2O2. The zero-order valence-electron chi connectivity index (χ0n) is 12.7. The number of benzene rings is 2. The molecule has 116 valence electrons. The van der Waals surface area contributed by atoms with Crippen LogP contribution in [0.4, 0.5) is 5.69 Å². The fourth-order valence-electron chi connectivity index (χ4n) is 2.08. The van der Waals surface area contributed by atoms with E-state index < -0.39 is 0 Å². The third-order valence-electron chi connectivity index (χ3n) is 3.17. The largest absolute Gasteiger partial charge is 0.495 e. The topological polar surface area (TPSA) is 50.4 Å². The Morgan fingerprint density at radius 2 is 2.05 bits per heavy atom. The Morgan fingerprint density at radius 1 is 1.23 bits per heavy atom. The van der Waals surface area contributed by atoms with E-state index in [1.54, 1.807) is 25.3 Å². The van der Waals surface area contributed by atoms with Crippen molar-refractivity contribution in [3.05, 3.63) is 58.6 Å². The molecule has 2 aromatic carbocycles. The van der Waals surface area contributed by atoms with Crippen molar-refractivity contribution in [1.29, 1.82) is 0 Å². The van der Waals surface area contributed by atoms with Gasteiger partial charge >= 0.3 is 0 Å². The van der Waals surface area contributed by atoms with Crippen LogP contribution in [0.15, 0.2) is 42.5 Å². The Labute approximate surface area is 135 Å². The second-order valence-electron chi connectivity index (χ2n) is 4.96. The number of methoxy groups -OCH3 is 1. The molecule has 0 fully saturated rings. The number of amides is 1. The number of nitrogens with one attached hydrogen (secondary N) is 2. The number of ether oxygens (including phenoxy) is 1. The number of halogens is 1. The number of rotatable bonds is 6. The van der Waals surface area contributed by atoms with Crippen LogP contribution < -0.4 is 15.4 Å². The number of carbonyl (C=O) groups is 1. The van der Waals surface area contributed by atoms with Crippen molar-refractivity contribution in [2.45, 2.75) is 13.5 Å². The van der Waals surface area contributed by atoms with Crippen LogP contribution in [0.1, 0.15) is 11.1 Å². The van der Waals surface area contributed by atoms with Crippen LogP contribution in [-0.4, -0.2) is 19.6 Å². The molecule has 2 aromatic rings. The Balaban J connectivity index is 1.86. The molecule has 0 atom stereocenters. The van der Waals surface area contributed by atoms with Crippen molar-refractivity contribution in [3.8, 4) is 5.75 Å². The van der Waals surface area contributed by atoms with E-state index in [0.717, 1.165) is 5.56 Å². The van der Waals surface area contributed by atoms with Crippen molar-refractivity contribution in [2.24, 2.45) is 0 Å². The molecule has 2 rings (SSSR count). The molecule has 0 heterocycles. The van der Waals surface area contributed by atoms with E-state index in [9.17, 15) is 4.79 Å². The quantitative estimate of drug-likeness (QED) is 0.858. The van der Waals surface area contributed by atoms with E-state index in [-0.39, 0.29) is 12.5 Å². The van der Waals surface area contributed by atoms with Gasteiger partial charge in [-0.25, -0.2) is 0 Å². The minimum Gasteiger partial charge on any atom is -0.495 e. The van der Waals surface area contributed by atoms with Crippen LogP contribution in [-0.2, 0) is 11.3 Å². The van der Waals surface area contributed by atoms with Crippen molar-refractivity contribution >= 4 is 23.2 Å². The molecule has 0 bridgehead atoms. The first-order chi connectivity index (χ1) is 10.6. The van der Waals surface area contributed by atoms with Gasteiger partial charge in [0, 0.05) is 11.6 Å². The number of carbonyl (C=O) groups excluding carboxylic acids is 1. The van der Waals surface area contributed by atoms with E-state index in [1.165, 1.54) is 5.56 Å². The summed E-state index contributed by atoms with van der Waals surface area (Å²) in [4.78, 5) is 11.9. The van der Waals surface area contributed by atoms with E-state index >= 15 is 0 Å². The minimum absolute atomic E-state index is 0.0939. The van der Waals surface area contributed by atoms with Crippen LogP contribution in [0.25, 0.3) is 0 Å². The highest BCUT2D eigenvalue weighted by atomic mass is 35.5. The molecule has 0 aliphatic carbocycles. The average Bonchev–Trinajstić information content (AvgIpc) is 2.51. The first-order valence-corrected chi connectivity index (χ1v) is 7.36. The smallest absolute Gasteiger partial charge is 0.239 e. The second kappa shape index (κ2) is 7.71. The molecule has 0 unspecified atom stereocenters. The number of anilines is 1. The monoisotopic (exact) mass is 318 g/mol. The summed E-state index contributed by atoms with van der Waals surface area (Å²) < 4.78 is 5.22. The van der Waals surface area contributed by atoms with Crippen molar-refractivity contribution in [2.75, 3.05) is 19.0 Å². The van der Waals surface area contributed by atoms with Gasteiger partial charge in [0.2, 0.25) is 5.91 Å². The Bertz CT molecular complexity index is 659. The molecule has 5 heteroatoms. The lowest BCUT2D eigenvalue weighted by Crippen LogP contribution is -2.29. The maximum absolute atomic E-state index is 11.9. The van der Waals surface area contributed by atoms with Crippen molar-refractivity contribution < 1.29 is 9.53 Å². The molecular weight excluding hydrogens is 300 g/mol. The predicted octanol–water partition coefficient (Wildman–Crippen LogP) is 3.39. The van der Waals surface area contributed by atoms with Crippen LogP contribution in [0.5, 0.6) is 5.75 Å². The van der Waals surface area contributed by atoms with Crippen molar-refractivity contribution in [3.63, 3.8) is 0 Å². The van der Waals surface area contributed by atoms with Gasteiger partial charge in [0.15, 0.2) is 0 Å². The van der Waals surface area contributed by atoms with Gasteiger partial charge < -0.3 is 15.4 Å². The van der Waals surface area contributed by atoms with Gasteiger partial charge in [-0.3, -0.25) is 4.79 Å². The minimum atomic E-state index is -0.0939. The van der Waals surface area contributed by atoms with Gasteiger partial charge in [0.25, 0.3) is 0 Å². The maximum atomic E-state index is 11.9. The van der Waals surface area contributed by atoms with Gasteiger partial charge in [-0.1, -0.05) is 41.4 Å². The first kappa shape index (κ1) is 16.2. The van der Waals surface area contributed by atoms with E-state index in [1.807, 2.05) is 31.2 Å². The summed E-state index contributed by atoms with van der Waals surface area (Å²) in [5, 5.41) is 6.49. The maximum Gasteiger partial charge on any atom is 0.239 e. The average molecular weight is 319 g/mol. The highest BCUT2D eigenvalue weighted by Crippen LogP contribution is 2.27. The molecule has 0 radical (unpaired) electrons. The lowest BCUT2D eigenvalue weighted by atomic mass is 10.1. The molecule has 0 spiro atoms. The number of hydrogen-bond acceptors (Lipinski definition) is 3. The number of aryl methyl sites for hydroxylation is 1. The third-order valence-corrected chi connectivity index (χ3v) is 3.41. The highest BCUT2D eigenvalue weighted by Gasteiger charge is 2.06. The Hall–Kier alpha value is -2.20. The molecule has 0 aliphatic rings. The zero-order chi connectivity index (χ0) is 15.9. The molecule has 0 aliphatic heterocycles. The standard InChI is InChI=1S/C17H19ClN2O2/c1-12-4-3-5-13(8-12)10-20-17(21)11-19-15-9-14(18)6-7-16(15)22-2/h3-9,19H,10-11H2,1-2H3,(H,20,21). The Morgan fingerprint density at radius 3 is 2.77 bits per heavy atom. The Kier molecular flexibility index (Phi) is 5.67. The lowest BCUT2D eigenvalue weighted by molar-refractivity contribution is -0.119. The molecule has 2 N–H and O–H groups in total. The molecule has 22 heavy (non-hydrogen) atoms. The van der Waals surface area contributed by atoms with E-state index in [0.29, 0.717) is 23.0 Å². The van der Waals surface area contributed by atoms with Crippen LogP contribution in [0.2, 0.25) is 5.02 Å². The van der Waals surface area contributed by atoms with E-state index in [2.05, 4.69) is 10.6 Å². The molecule has 1 amide bonds. The summed E-state index contributed by atoms with van der Waals surface area (Å²) in [7, 11) is 1.58. The summed E-state index contributed by atoms with van der Waals surface area (Å²) >= 11 is 5.95. The summed E-state index contributed by atoms with van der Waals surface area (Å²) in [6.45, 7) is 2.69. The first-order valence-electron chi connectivity index (χ1n) is 6.98. The summed E-state index contributed by atoms with van der Waals surface area (Å²) in [5.74, 6) is 0.555. The van der Waals surface area contributed by atoms with Crippen molar-refractivity contribution in [1.82, 2.24) is 5.32 Å². The van der Waals surface area contributed by atoms with Crippen LogP contribution >= 0.6 is 11.6 Å². The molecule has 4 nitrogen and oxygen atoms in total. The molecule has 0 aromatic heterocycles. The van der Waals surface area contributed by atoms with E-state index in [4.69, 9.17) is 16.3 Å². The number of hydrogen-bond donors (Lipinski definition) is 2. The zero-order valence-corrected chi connectivity index (χ0v) is 13.4. The third kappa shape index (κ3) is 4.67. The summed E-state index contributed by atoms with van der Waals surface area (Å²) in [5.41, 5.74) is 2.95. The van der Waals surface area contributed by atoms with Gasteiger partial charge in [-0.15, -0.1) is 0 Å². The molecule has 0 saturated heterocycles. The summed E-state index contributed by atoms with van der Waals surface area (Å²) in [6, 6.07) is 13.3. The fraction of sp³-hybridized carbons (Fsp3) is 0.235.